The van der Waals surface area contributed by atoms with Crippen molar-refractivity contribution in [2.75, 3.05) is 38.6 Å². The molecule has 0 aliphatic carbocycles. The quantitative estimate of drug-likeness (QED) is 0.762. The van der Waals surface area contributed by atoms with Crippen molar-refractivity contribution in [2.24, 2.45) is 0 Å². The smallest absolute Gasteiger partial charge is 0.149 e. The van der Waals surface area contributed by atoms with Crippen LogP contribution in [0.4, 0.5) is 0 Å². The molecule has 0 N–H and O–H groups in total. The SMILES string of the molecule is CC(Oc1ccccc1)N1CCN(CCCl)CC1. The molecular weight excluding hydrogens is 248 g/mol. The van der Waals surface area contributed by atoms with Crippen LogP contribution in [0.25, 0.3) is 0 Å². The molecule has 0 spiro atoms. The third-order valence-electron chi connectivity index (χ3n) is 3.37. The molecule has 18 heavy (non-hydrogen) atoms. The number of halogens is 1. The Morgan fingerprint density at radius 3 is 2.44 bits per heavy atom. The first-order valence-electron chi connectivity index (χ1n) is 6.53. The van der Waals surface area contributed by atoms with Gasteiger partial charge in [-0.3, -0.25) is 9.80 Å². The second kappa shape index (κ2) is 6.98. The van der Waals surface area contributed by atoms with Gasteiger partial charge >= 0.3 is 0 Å². The highest BCUT2D eigenvalue weighted by molar-refractivity contribution is 6.18. The average Bonchev–Trinajstić information content (AvgIpc) is 2.41. The van der Waals surface area contributed by atoms with Gasteiger partial charge in [0.15, 0.2) is 0 Å². The molecule has 1 aliphatic rings. The molecular formula is C14H21ClN2O. The third-order valence-corrected chi connectivity index (χ3v) is 3.54. The molecule has 0 amide bonds. The Labute approximate surface area is 114 Å². The Balaban J connectivity index is 1.79. The maximum Gasteiger partial charge on any atom is 0.149 e. The molecule has 0 aromatic heterocycles. The van der Waals surface area contributed by atoms with Crippen LogP contribution in [0.3, 0.4) is 0 Å². The second-order valence-electron chi connectivity index (χ2n) is 4.60. The van der Waals surface area contributed by atoms with Crippen molar-refractivity contribution in [1.29, 1.82) is 0 Å². The molecule has 2 rings (SSSR count). The van der Waals surface area contributed by atoms with E-state index in [1.54, 1.807) is 0 Å². The van der Waals surface area contributed by atoms with Crippen LogP contribution in [0.2, 0.25) is 0 Å². The van der Waals surface area contributed by atoms with Crippen molar-refractivity contribution < 1.29 is 4.74 Å². The summed E-state index contributed by atoms with van der Waals surface area (Å²) < 4.78 is 5.93. The molecule has 0 saturated carbocycles. The minimum atomic E-state index is 0.130. The summed E-state index contributed by atoms with van der Waals surface area (Å²) in [5, 5.41) is 0. The van der Waals surface area contributed by atoms with Gasteiger partial charge in [0.2, 0.25) is 0 Å². The van der Waals surface area contributed by atoms with Gasteiger partial charge in [0.05, 0.1) is 0 Å². The molecule has 1 aromatic rings. The Morgan fingerprint density at radius 2 is 1.83 bits per heavy atom. The van der Waals surface area contributed by atoms with Crippen LogP contribution >= 0.6 is 11.6 Å². The summed E-state index contributed by atoms with van der Waals surface area (Å²) in [5.41, 5.74) is 0. The number of hydrogen-bond acceptors (Lipinski definition) is 3. The molecule has 4 heteroatoms. The fourth-order valence-corrected chi connectivity index (χ4v) is 2.48. The van der Waals surface area contributed by atoms with E-state index in [2.05, 4.69) is 16.7 Å². The number of alkyl halides is 1. The van der Waals surface area contributed by atoms with Crippen LogP contribution in [0.5, 0.6) is 5.75 Å². The maximum atomic E-state index is 5.93. The van der Waals surface area contributed by atoms with Crippen LogP contribution in [-0.4, -0.2) is 54.6 Å². The first kappa shape index (κ1) is 13.7. The highest BCUT2D eigenvalue weighted by Crippen LogP contribution is 2.14. The van der Waals surface area contributed by atoms with Crippen LogP contribution < -0.4 is 4.74 Å². The largest absolute Gasteiger partial charge is 0.475 e. The van der Waals surface area contributed by atoms with E-state index in [1.807, 2.05) is 30.3 Å². The highest BCUT2D eigenvalue weighted by Gasteiger charge is 2.21. The summed E-state index contributed by atoms with van der Waals surface area (Å²) >= 11 is 5.76. The summed E-state index contributed by atoms with van der Waals surface area (Å²) in [4.78, 5) is 4.77. The lowest BCUT2D eigenvalue weighted by molar-refractivity contribution is 0.00504. The minimum absolute atomic E-state index is 0.130. The monoisotopic (exact) mass is 268 g/mol. The molecule has 100 valence electrons. The topological polar surface area (TPSA) is 15.7 Å². The van der Waals surface area contributed by atoms with Crippen LogP contribution in [0.15, 0.2) is 30.3 Å². The lowest BCUT2D eigenvalue weighted by Gasteiger charge is -2.37. The second-order valence-corrected chi connectivity index (χ2v) is 4.97. The van der Waals surface area contributed by atoms with Crippen LogP contribution in [0.1, 0.15) is 6.92 Å². The molecule has 1 unspecified atom stereocenters. The summed E-state index contributed by atoms with van der Waals surface area (Å²) in [7, 11) is 0. The average molecular weight is 269 g/mol. The van der Waals surface area contributed by atoms with Gasteiger partial charge in [-0.25, -0.2) is 0 Å². The van der Waals surface area contributed by atoms with Gasteiger partial charge in [0.1, 0.15) is 12.0 Å². The van der Waals surface area contributed by atoms with Crippen LogP contribution in [-0.2, 0) is 0 Å². The van der Waals surface area contributed by atoms with E-state index in [1.165, 1.54) is 0 Å². The predicted octanol–water partition coefficient (Wildman–Crippen LogP) is 2.27. The summed E-state index contributed by atoms with van der Waals surface area (Å²) in [5.74, 6) is 1.66. The maximum absolute atomic E-state index is 5.93. The van der Waals surface area contributed by atoms with Gasteiger partial charge in [0.25, 0.3) is 0 Å². The number of rotatable bonds is 5. The molecule has 0 bridgehead atoms. The molecule has 1 aromatic carbocycles. The zero-order chi connectivity index (χ0) is 12.8. The number of piperazine rings is 1. The zero-order valence-corrected chi connectivity index (χ0v) is 11.6. The standard InChI is InChI=1S/C14H21ClN2O/c1-13(18-14-5-3-2-4-6-14)17-11-9-16(8-7-15)10-12-17/h2-6,13H,7-12H2,1H3. The van der Waals surface area contributed by atoms with Gasteiger partial charge in [-0.1, -0.05) is 18.2 Å². The number of benzene rings is 1. The molecule has 3 nitrogen and oxygen atoms in total. The minimum Gasteiger partial charge on any atom is -0.475 e. The number of ether oxygens (including phenoxy) is 1. The zero-order valence-electron chi connectivity index (χ0n) is 10.9. The van der Waals surface area contributed by atoms with Crippen molar-refractivity contribution in [3.63, 3.8) is 0 Å². The Morgan fingerprint density at radius 1 is 1.17 bits per heavy atom. The van der Waals surface area contributed by atoms with E-state index < -0.39 is 0 Å². The van der Waals surface area contributed by atoms with E-state index in [-0.39, 0.29) is 6.23 Å². The van der Waals surface area contributed by atoms with Gasteiger partial charge in [-0.2, -0.15) is 0 Å². The normalized spacial score (nSPS) is 19.7. The van der Waals surface area contributed by atoms with Gasteiger partial charge in [-0.05, 0) is 19.1 Å². The number of nitrogens with zero attached hydrogens (tertiary/aromatic N) is 2. The van der Waals surface area contributed by atoms with E-state index in [0.717, 1.165) is 44.4 Å². The molecule has 0 radical (unpaired) electrons. The van der Waals surface area contributed by atoms with E-state index >= 15 is 0 Å². The van der Waals surface area contributed by atoms with Crippen LogP contribution in [0, 0.1) is 0 Å². The molecule has 1 atom stereocenters. The van der Waals surface area contributed by atoms with Crippen molar-refractivity contribution in [3.8, 4) is 5.75 Å². The fraction of sp³-hybridized carbons (Fsp3) is 0.571. The number of hydrogen-bond donors (Lipinski definition) is 0. The third kappa shape index (κ3) is 3.87. The summed E-state index contributed by atoms with van der Waals surface area (Å²) in [6.07, 6.45) is 0.130. The van der Waals surface area contributed by atoms with Crippen molar-refractivity contribution >= 4 is 11.6 Å². The Bertz CT molecular complexity index is 339. The Kier molecular flexibility index (Phi) is 5.29. The first-order valence-corrected chi connectivity index (χ1v) is 7.07. The van der Waals surface area contributed by atoms with E-state index in [9.17, 15) is 0 Å². The lowest BCUT2D eigenvalue weighted by atomic mass is 10.3. The fourth-order valence-electron chi connectivity index (χ4n) is 2.24. The Hall–Kier alpha value is -0.770. The van der Waals surface area contributed by atoms with Crippen molar-refractivity contribution in [1.82, 2.24) is 9.80 Å². The molecule has 1 aliphatic heterocycles. The van der Waals surface area contributed by atoms with Crippen molar-refractivity contribution in [2.45, 2.75) is 13.2 Å². The van der Waals surface area contributed by atoms with E-state index in [4.69, 9.17) is 16.3 Å². The molecule has 1 fully saturated rings. The highest BCUT2D eigenvalue weighted by atomic mass is 35.5. The molecule has 1 heterocycles. The summed E-state index contributed by atoms with van der Waals surface area (Å²) in [6.45, 7) is 7.35. The van der Waals surface area contributed by atoms with Gasteiger partial charge in [-0.15, -0.1) is 11.6 Å². The van der Waals surface area contributed by atoms with Gasteiger partial charge in [0, 0.05) is 38.6 Å². The lowest BCUT2D eigenvalue weighted by Crippen LogP contribution is -2.51. The van der Waals surface area contributed by atoms with E-state index in [0.29, 0.717) is 0 Å². The van der Waals surface area contributed by atoms with Gasteiger partial charge < -0.3 is 4.74 Å². The first-order chi connectivity index (χ1) is 8.79. The molecule has 1 saturated heterocycles. The predicted molar refractivity (Wildman–Crippen MR) is 75.3 cm³/mol. The summed E-state index contributed by atoms with van der Waals surface area (Å²) in [6, 6.07) is 10.0. The number of para-hydroxylation sites is 1. The van der Waals surface area contributed by atoms with Crippen molar-refractivity contribution in [3.05, 3.63) is 30.3 Å².